The average Bonchev–Trinajstić information content (AvgIpc) is 2.35. The SMILES string of the molecule is CCCNc1ncnc(NCC(C)OC)c1Br. The molecule has 0 saturated heterocycles. The van der Waals surface area contributed by atoms with Crippen molar-refractivity contribution in [3.8, 4) is 0 Å². The highest BCUT2D eigenvalue weighted by atomic mass is 79.9. The third kappa shape index (κ3) is 4.47. The molecule has 6 heteroatoms. The van der Waals surface area contributed by atoms with E-state index in [1.807, 2.05) is 6.92 Å². The zero-order valence-corrected chi connectivity index (χ0v) is 12.0. The lowest BCUT2D eigenvalue weighted by Gasteiger charge is -2.14. The number of nitrogens with one attached hydrogen (secondary N) is 2. The summed E-state index contributed by atoms with van der Waals surface area (Å²) in [6.45, 7) is 5.71. The van der Waals surface area contributed by atoms with Crippen LogP contribution in [0.3, 0.4) is 0 Å². The first-order valence-electron chi connectivity index (χ1n) is 5.70. The first kappa shape index (κ1) is 14.2. The minimum Gasteiger partial charge on any atom is -0.380 e. The Kier molecular flexibility index (Phi) is 6.21. The van der Waals surface area contributed by atoms with Crippen LogP contribution in [-0.2, 0) is 4.74 Å². The van der Waals surface area contributed by atoms with E-state index in [1.54, 1.807) is 13.4 Å². The maximum atomic E-state index is 5.17. The molecule has 0 bridgehead atoms. The van der Waals surface area contributed by atoms with Crippen LogP contribution in [0.15, 0.2) is 10.8 Å². The fourth-order valence-corrected chi connectivity index (χ4v) is 1.67. The van der Waals surface area contributed by atoms with Crippen molar-refractivity contribution in [2.24, 2.45) is 0 Å². The topological polar surface area (TPSA) is 59.1 Å². The summed E-state index contributed by atoms with van der Waals surface area (Å²) in [5, 5.41) is 6.45. The summed E-state index contributed by atoms with van der Waals surface area (Å²) in [7, 11) is 1.69. The van der Waals surface area contributed by atoms with E-state index in [-0.39, 0.29) is 6.10 Å². The lowest BCUT2D eigenvalue weighted by Crippen LogP contribution is -2.19. The lowest BCUT2D eigenvalue weighted by molar-refractivity contribution is 0.128. The van der Waals surface area contributed by atoms with E-state index in [9.17, 15) is 0 Å². The maximum absolute atomic E-state index is 5.17. The fourth-order valence-electron chi connectivity index (χ4n) is 1.18. The zero-order valence-electron chi connectivity index (χ0n) is 10.5. The quantitative estimate of drug-likeness (QED) is 0.810. The predicted molar refractivity (Wildman–Crippen MR) is 73.5 cm³/mol. The summed E-state index contributed by atoms with van der Waals surface area (Å²) < 4.78 is 6.03. The van der Waals surface area contributed by atoms with Crippen LogP contribution < -0.4 is 10.6 Å². The monoisotopic (exact) mass is 302 g/mol. The molecule has 0 aliphatic heterocycles. The van der Waals surface area contributed by atoms with Crippen molar-refractivity contribution in [1.29, 1.82) is 0 Å². The molecule has 0 amide bonds. The molecular formula is C11H19BrN4O. The number of hydrogen-bond acceptors (Lipinski definition) is 5. The van der Waals surface area contributed by atoms with Crippen LogP contribution in [0, 0.1) is 0 Å². The van der Waals surface area contributed by atoms with E-state index < -0.39 is 0 Å². The first-order chi connectivity index (χ1) is 8.19. The van der Waals surface area contributed by atoms with Crippen molar-refractivity contribution >= 4 is 27.6 Å². The molecular weight excluding hydrogens is 284 g/mol. The Hall–Kier alpha value is -0.880. The Balaban J connectivity index is 2.65. The van der Waals surface area contributed by atoms with Gasteiger partial charge in [-0.15, -0.1) is 0 Å². The molecule has 96 valence electrons. The zero-order chi connectivity index (χ0) is 12.7. The summed E-state index contributed by atoms with van der Waals surface area (Å²) in [6.07, 6.45) is 2.74. The molecule has 0 aliphatic carbocycles. The number of ether oxygens (including phenoxy) is 1. The fraction of sp³-hybridized carbons (Fsp3) is 0.636. The normalized spacial score (nSPS) is 12.2. The van der Waals surface area contributed by atoms with E-state index in [0.29, 0.717) is 6.54 Å². The molecule has 0 aromatic carbocycles. The third-order valence-corrected chi connectivity index (χ3v) is 3.04. The van der Waals surface area contributed by atoms with E-state index in [0.717, 1.165) is 29.1 Å². The van der Waals surface area contributed by atoms with Crippen LogP contribution >= 0.6 is 15.9 Å². The second-order valence-corrected chi connectivity index (χ2v) is 4.53. The van der Waals surface area contributed by atoms with Gasteiger partial charge in [0.25, 0.3) is 0 Å². The van der Waals surface area contributed by atoms with Gasteiger partial charge in [-0.1, -0.05) is 6.92 Å². The molecule has 2 N–H and O–H groups in total. The minimum atomic E-state index is 0.143. The van der Waals surface area contributed by atoms with Crippen molar-refractivity contribution < 1.29 is 4.74 Å². The third-order valence-electron chi connectivity index (χ3n) is 2.29. The van der Waals surface area contributed by atoms with Gasteiger partial charge in [0.2, 0.25) is 0 Å². The Bertz CT molecular complexity index is 348. The lowest BCUT2D eigenvalue weighted by atomic mass is 10.4. The maximum Gasteiger partial charge on any atom is 0.146 e. The van der Waals surface area contributed by atoms with Gasteiger partial charge in [0.05, 0.1) is 6.10 Å². The molecule has 0 spiro atoms. The van der Waals surface area contributed by atoms with Gasteiger partial charge in [0, 0.05) is 20.2 Å². The van der Waals surface area contributed by atoms with Gasteiger partial charge in [-0.05, 0) is 29.3 Å². The smallest absolute Gasteiger partial charge is 0.146 e. The van der Waals surface area contributed by atoms with Gasteiger partial charge in [-0.3, -0.25) is 0 Å². The number of hydrogen-bond donors (Lipinski definition) is 2. The molecule has 0 aliphatic rings. The van der Waals surface area contributed by atoms with Crippen LogP contribution in [0.2, 0.25) is 0 Å². The second-order valence-electron chi connectivity index (χ2n) is 3.74. The summed E-state index contributed by atoms with van der Waals surface area (Å²) in [4.78, 5) is 8.37. The summed E-state index contributed by atoms with van der Waals surface area (Å²) >= 11 is 3.49. The minimum absolute atomic E-state index is 0.143. The number of anilines is 2. The largest absolute Gasteiger partial charge is 0.380 e. The molecule has 1 rings (SSSR count). The summed E-state index contributed by atoms with van der Waals surface area (Å²) in [5.74, 6) is 1.59. The highest BCUT2D eigenvalue weighted by molar-refractivity contribution is 9.10. The van der Waals surface area contributed by atoms with Crippen molar-refractivity contribution in [1.82, 2.24) is 9.97 Å². The van der Waals surface area contributed by atoms with E-state index in [2.05, 4.69) is 43.5 Å². The average molecular weight is 303 g/mol. The molecule has 1 unspecified atom stereocenters. The van der Waals surface area contributed by atoms with Crippen LogP contribution in [0.5, 0.6) is 0 Å². The van der Waals surface area contributed by atoms with Crippen molar-refractivity contribution in [2.45, 2.75) is 26.4 Å². The van der Waals surface area contributed by atoms with Gasteiger partial charge in [-0.25, -0.2) is 9.97 Å². The summed E-state index contributed by atoms with van der Waals surface area (Å²) in [6, 6.07) is 0. The highest BCUT2D eigenvalue weighted by Crippen LogP contribution is 2.26. The second kappa shape index (κ2) is 7.45. The molecule has 5 nitrogen and oxygen atoms in total. The van der Waals surface area contributed by atoms with E-state index >= 15 is 0 Å². The van der Waals surface area contributed by atoms with Crippen LogP contribution in [0.1, 0.15) is 20.3 Å². The Morgan fingerprint density at radius 3 is 2.59 bits per heavy atom. The number of halogens is 1. The standard InChI is InChI=1S/C11H19BrN4O/c1-4-5-13-10-9(12)11(16-7-15-10)14-6-8(2)17-3/h7-8H,4-6H2,1-3H3,(H2,13,14,15,16). The van der Waals surface area contributed by atoms with Gasteiger partial charge in [0.15, 0.2) is 0 Å². The molecule has 1 aromatic heterocycles. The van der Waals surface area contributed by atoms with Gasteiger partial charge < -0.3 is 15.4 Å². The van der Waals surface area contributed by atoms with Gasteiger partial charge in [-0.2, -0.15) is 0 Å². The molecule has 1 aromatic rings. The molecule has 17 heavy (non-hydrogen) atoms. The van der Waals surface area contributed by atoms with E-state index in [1.165, 1.54) is 0 Å². The molecule has 0 fully saturated rings. The molecule has 1 atom stereocenters. The number of rotatable bonds is 7. The van der Waals surface area contributed by atoms with Gasteiger partial charge in [0.1, 0.15) is 22.4 Å². The molecule has 0 radical (unpaired) electrons. The number of aromatic nitrogens is 2. The molecule has 1 heterocycles. The van der Waals surface area contributed by atoms with Crippen LogP contribution in [-0.4, -0.2) is 36.3 Å². The predicted octanol–water partition coefficient (Wildman–Crippen LogP) is 2.51. The van der Waals surface area contributed by atoms with Crippen molar-refractivity contribution in [3.63, 3.8) is 0 Å². The molecule has 0 saturated carbocycles. The van der Waals surface area contributed by atoms with E-state index in [4.69, 9.17) is 4.74 Å². The van der Waals surface area contributed by atoms with Crippen LogP contribution in [0.4, 0.5) is 11.6 Å². The number of methoxy groups -OCH3 is 1. The highest BCUT2D eigenvalue weighted by Gasteiger charge is 2.08. The Morgan fingerprint density at radius 1 is 1.35 bits per heavy atom. The summed E-state index contributed by atoms with van der Waals surface area (Å²) in [5.41, 5.74) is 0. The first-order valence-corrected chi connectivity index (χ1v) is 6.49. The Labute approximate surface area is 111 Å². The Morgan fingerprint density at radius 2 is 2.00 bits per heavy atom. The van der Waals surface area contributed by atoms with Gasteiger partial charge >= 0.3 is 0 Å². The van der Waals surface area contributed by atoms with Crippen LogP contribution in [0.25, 0.3) is 0 Å². The van der Waals surface area contributed by atoms with Crippen molar-refractivity contribution in [3.05, 3.63) is 10.8 Å². The number of nitrogens with zero attached hydrogens (tertiary/aromatic N) is 2. The van der Waals surface area contributed by atoms with Crippen molar-refractivity contribution in [2.75, 3.05) is 30.8 Å².